The molecule has 0 radical (unpaired) electrons. The van der Waals surface area contributed by atoms with E-state index in [1.807, 2.05) is 22.6 Å². The van der Waals surface area contributed by atoms with Crippen molar-refractivity contribution in [2.45, 2.75) is 58.4 Å². The molecule has 0 bridgehead atoms. The van der Waals surface area contributed by atoms with Crippen molar-refractivity contribution in [2.24, 2.45) is 0 Å². The Bertz CT molecular complexity index is 876. The summed E-state index contributed by atoms with van der Waals surface area (Å²) < 4.78 is 47.1. The quantitative estimate of drug-likeness (QED) is 0.274. The number of carbonyl (C=O) groups is 4. The normalized spacial score (nSPS) is 24.8. The van der Waals surface area contributed by atoms with Gasteiger partial charge in [0.1, 0.15) is 12.7 Å². The van der Waals surface area contributed by atoms with Gasteiger partial charge < -0.3 is 28.4 Å². The molecule has 2 rings (SSSR count). The van der Waals surface area contributed by atoms with E-state index in [-0.39, 0.29) is 5.75 Å². The second-order valence-corrected chi connectivity index (χ2v) is 8.01. The molecule has 12 heteroatoms. The van der Waals surface area contributed by atoms with Gasteiger partial charge in [0, 0.05) is 31.3 Å². The molecule has 1 heterocycles. The Morgan fingerprint density at radius 2 is 1.47 bits per heavy atom. The highest BCUT2D eigenvalue weighted by Crippen LogP contribution is 2.32. The first-order chi connectivity index (χ1) is 15.0. The van der Waals surface area contributed by atoms with Crippen molar-refractivity contribution in [3.63, 3.8) is 0 Å². The molecule has 3 unspecified atom stereocenters. The summed E-state index contributed by atoms with van der Waals surface area (Å²) in [5.74, 6) is -3.92. The van der Waals surface area contributed by atoms with Crippen LogP contribution in [0, 0.1) is 9.39 Å². The summed E-state index contributed by atoms with van der Waals surface area (Å²) in [5.41, 5.74) is 0. The highest BCUT2D eigenvalue weighted by atomic mass is 127. The number of hydrogen-bond donors (Lipinski definition) is 0. The van der Waals surface area contributed by atoms with Gasteiger partial charge in [0.15, 0.2) is 23.8 Å². The average molecular weight is 568 g/mol. The Kier molecular flexibility index (Phi) is 9.19. The van der Waals surface area contributed by atoms with Crippen molar-refractivity contribution in [3.8, 4) is 5.75 Å². The Morgan fingerprint density at radius 1 is 0.906 bits per heavy atom. The third kappa shape index (κ3) is 7.29. The van der Waals surface area contributed by atoms with Crippen LogP contribution in [0.15, 0.2) is 18.2 Å². The number of benzene rings is 1. The first kappa shape index (κ1) is 25.8. The molecule has 32 heavy (non-hydrogen) atoms. The van der Waals surface area contributed by atoms with Crippen molar-refractivity contribution < 1.29 is 52.0 Å². The second-order valence-electron chi connectivity index (χ2n) is 6.76. The van der Waals surface area contributed by atoms with Gasteiger partial charge in [-0.05, 0) is 40.8 Å². The maximum absolute atomic E-state index is 14.4. The van der Waals surface area contributed by atoms with Crippen LogP contribution in [0.4, 0.5) is 4.39 Å². The van der Waals surface area contributed by atoms with Gasteiger partial charge in [0.25, 0.3) is 0 Å². The molecule has 1 fully saturated rings. The van der Waals surface area contributed by atoms with Crippen LogP contribution in [0.3, 0.4) is 0 Å². The topological polar surface area (TPSA) is 124 Å². The van der Waals surface area contributed by atoms with E-state index < -0.39 is 67.0 Å². The molecular formula is C20H22FIO10. The number of ether oxygens (including phenoxy) is 6. The fourth-order valence-electron chi connectivity index (χ4n) is 2.98. The highest BCUT2D eigenvalue weighted by Gasteiger charge is 2.53. The summed E-state index contributed by atoms with van der Waals surface area (Å²) in [6, 6.07) is 4.12. The van der Waals surface area contributed by atoms with Gasteiger partial charge in [-0.25, -0.2) is 4.39 Å². The van der Waals surface area contributed by atoms with E-state index in [0.717, 1.165) is 27.7 Å². The highest BCUT2D eigenvalue weighted by molar-refractivity contribution is 14.1. The molecular weight excluding hydrogens is 546 g/mol. The minimum absolute atomic E-state index is 0.230. The Morgan fingerprint density at radius 3 is 2.00 bits per heavy atom. The number of rotatable bonds is 7. The summed E-state index contributed by atoms with van der Waals surface area (Å²) in [4.78, 5) is 46.5. The van der Waals surface area contributed by atoms with Crippen LogP contribution in [0.1, 0.15) is 27.7 Å². The SMILES string of the molecule is CC(=O)OCC1O[C@H](Oc2ccc(I)cc2F)C(OC(C)=O)C(OC(C)=O)[C@@H]1OC(C)=O. The fraction of sp³-hybridized carbons (Fsp3) is 0.500. The molecule has 1 aliphatic heterocycles. The van der Waals surface area contributed by atoms with Crippen LogP contribution < -0.4 is 4.74 Å². The average Bonchev–Trinajstić information content (AvgIpc) is 2.65. The van der Waals surface area contributed by atoms with E-state index in [1.165, 1.54) is 12.1 Å². The van der Waals surface area contributed by atoms with E-state index in [0.29, 0.717) is 3.57 Å². The van der Waals surface area contributed by atoms with Crippen molar-refractivity contribution in [1.29, 1.82) is 0 Å². The molecule has 0 saturated carbocycles. The van der Waals surface area contributed by atoms with Crippen LogP contribution in [-0.2, 0) is 42.9 Å². The summed E-state index contributed by atoms with van der Waals surface area (Å²) in [6.07, 6.45) is -6.83. The first-order valence-corrected chi connectivity index (χ1v) is 10.5. The van der Waals surface area contributed by atoms with Crippen molar-refractivity contribution in [3.05, 3.63) is 27.6 Å². The van der Waals surface area contributed by atoms with Gasteiger partial charge in [0.2, 0.25) is 12.4 Å². The number of carbonyl (C=O) groups excluding carboxylic acids is 4. The molecule has 1 aromatic rings. The van der Waals surface area contributed by atoms with E-state index in [1.54, 1.807) is 6.07 Å². The van der Waals surface area contributed by atoms with E-state index in [2.05, 4.69) is 0 Å². The fourth-order valence-corrected chi connectivity index (χ4v) is 3.43. The number of esters is 4. The lowest BCUT2D eigenvalue weighted by Crippen LogP contribution is -2.63. The first-order valence-electron chi connectivity index (χ1n) is 9.40. The third-order valence-electron chi connectivity index (χ3n) is 4.09. The van der Waals surface area contributed by atoms with Gasteiger partial charge in [-0.3, -0.25) is 19.2 Å². The standard InChI is InChI=1S/C20H22FIO10/c1-9(23)27-8-16-17(28-10(2)24)18(29-11(3)25)19(30-12(4)26)20(32-16)31-15-6-5-13(22)7-14(15)21/h5-7,16-20H,8H2,1-4H3/t16?,17-,18?,19?,20+/m1/s1. The maximum Gasteiger partial charge on any atom is 0.303 e. The molecule has 0 amide bonds. The van der Waals surface area contributed by atoms with Crippen molar-refractivity contribution >= 4 is 46.5 Å². The van der Waals surface area contributed by atoms with Gasteiger partial charge in [0.05, 0.1) is 0 Å². The van der Waals surface area contributed by atoms with Crippen LogP contribution >= 0.6 is 22.6 Å². The molecule has 0 aliphatic carbocycles. The van der Waals surface area contributed by atoms with E-state index in [4.69, 9.17) is 28.4 Å². The second kappa shape index (κ2) is 11.4. The van der Waals surface area contributed by atoms with Crippen LogP contribution in [0.5, 0.6) is 5.75 Å². The Hall–Kier alpha value is -2.48. The van der Waals surface area contributed by atoms with Gasteiger partial charge in [-0.15, -0.1) is 0 Å². The van der Waals surface area contributed by atoms with Gasteiger partial charge >= 0.3 is 23.9 Å². The van der Waals surface area contributed by atoms with Gasteiger partial charge in [-0.1, -0.05) is 0 Å². The Labute approximate surface area is 196 Å². The van der Waals surface area contributed by atoms with E-state index >= 15 is 0 Å². The largest absolute Gasteiger partial charge is 0.463 e. The summed E-state index contributed by atoms with van der Waals surface area (Å²) in [5, 5.41) is 0. The smallest absolute Gasteiger partial charge is 0.303 e. The van der Waals surface area contributed by atoms with Gasteiger partial charge in [-0.2, -0.15) is 0 Å². The third-order valence-corrected chi connectivity index (χ3v) is 4.76. The molecule has 0 spiro atoms. The minimum atomic E-state index is -1.50. The van der Waals surface area contributed by atoms with Crippen molar-refractivity contribution in [2.75, 3.05) is 6.61 Å². The molecule has 1 aliphatic rings. The van der Waals surface area contributed by atoms with E-state index in [9.17, 15) is 23.6 Å². The summed E-state index contributed by atoms with van der Waals surface area (Å²) in [6.45, 7) is 4.05. The predicted octanol–water partition coefficient (Wildman–Crippen LogP) is 1.89. The van der Waals surface area contributed by atoms with Crippen LogP contribution in [0.2, 0.25) is 0 Å². The summed E-state index contributed by atoms with van der Waals surface area (Å²) >= 11 is 1.91. The molecule has 1 aromatic carbocycles. The minimum Gasteiger partial charge on any atom is -0.463 e. The van der Waals surface area contributed by atoms with Crippen LogP contribution in [-0.4, -0.2) is 61.2 Å². The monoisotopic (exact) mass is 568 g/mol. The lowest BCUT2D eigenvalue weighted by molar-refractivity contribution is -0.288. The maximum atomic E-state index is 14.4. The molecule has 1 saturated heterocycles. The molecule has 176 valence electrons. The number of halogens is 2. The predicted molar refractivity (Wildman–Crippen MR) is 112 cm³/mol. The zero-order valence-electron chi connectivity index (χ0n) is 17.7. The molecule has 10 nitrogen and oxygen atoms in total. The lowest BCUT2D eigenvalue weighted by atomic mass is 9.98. The van der Waals surface area contributed by atoms with Crippen LogP contribution in [0.25, 0.3) is 0 Å². The molecule has 0 aromatic heterocycles. The molecule has 5 atom stereocenters. The zero-order valence-corrected chi connectivity index (χ0v) is 19.8. The van der Waals surface area contributed by atoms with Crippen molar-refractivity contribution in [1.82, 2.24) is 0 Å². The number of hydrogen-bond acceptors (Lipinski definition) is 10. The summed E-state index contributed by atoms with van der Waals surface area (Å²) in [7, 11) is 0. The molecule has 0 N–H and O–H groups in total. The zero-order chi connectivity index (χ0) is 24.0. The lowest BCUT2D eigenvalue weighted by Gasteiger charge is -2.43. The Balaban J connectivity index is 2.47.